The summed E-state index contributed by atoms with van der Waals surface area (Å²) in [5.41, 5.74) is 3.73. The van der Waals surface area contributed by atoms with E-state index in [9.17, 15) is 0 Å². The summed E-state index contributed by atoms with van der Waals surface area (Å²) >= 11 is 7.01. The molecule has 1 aliphatic heterocycles. The van der Waals surface area contributed by atoms with E-state index in [4.69, 9.17) is 4.74 Å². The first kappa shape index (κ1) is 11.5. The summed E-state index contributed by atoms with van der Waals surface area (Å²) in [5, 5.41) is 0. The average Bonchev–Trinajstić information content (AvgIpc) is 2.28. The zero-order chi connectivity index (χ0) is 12.0. The molecule has 2 aromatic rings. The summed E-state index contributed by atoms with van der Waals surface area (Å²) in [6, 6.07) is 6.25. The quantitative estimate of drug-likeness (QED) is 0.577. The van der Waals surface area contributed by atoms with Gasteiger partial charge in [0.1, 0.15) is 0 Å². The Morgan fingerprint density at radius 1 is 1.18 bits per heavy atom. The van der Waals surface area contributed by atoms with E-state index in [1.807, 2.05) is 6.07 Å². The monoisotopic (exact) mass is 350 g/mol. The van der Waals surface area contributed by atoms with Crippen molar-refractivity contribution in [3.8, 4) is 11.5 Å². The second kappa shape index (κ2) is 4.25. The van der Waals surface area contributed by atoms with E-state index in [1.165, 1.54) is 16.6 Å². The maximum absolute atomic E-state index is 5.93. The molecule has 0 N–H and O–H groups in total. The van der Waals surface area contributed by atoms with E-state index < -0.39 is 0 Å². The van der Waals surface area contributed by atoms with Crippen LogP contribution in [0.25, 0.3) is 0 Å². The summed E-state index contributed by atoms with van der Waals surface area (Å²) in [6.45, 7) is 4.21. The van der Waals surface area contributed by atoms with E-state index >= 15 is 0 Å². The molecule has 1 nitrogen and oxygen atoms in total. The van der Waals surface area contributed by atoms with E-state index in [1.54, 1.807) is 0 Å². The van der Waals surface area contributed by atoms with Gasteiger partial charge in [-0.3, -0.25) is 0 Å². The molecule has 0 atom stereocenters. The summed E-state index contributed by atoms with van der Waals surface area (Å²) < 4.78 is 8.07. The van der Waals surface area contributed by atoms with E-state index in [2.05, 4.69) is 63.8 Å². The summed E-state index contributed by atoms with van der Waals surface area (Å²) in [4.78, 5) is 0. The van der Waals surface area contributed by atoms with Gasteiger partial charge in [-0.05, 0) is 0 Å². The molecule has 0 fully saturated rings. The molecule has 0 bridgehead atoms. The van der Waals surface area contributed by atoms with Gasteiger partial charge in [0.05, 0.1) is 0 Å². The van der Waals surface area contributed by atoms with Crippen molar-refractivity contribution < 1.29 is 4.74 Å². The van der Waals surface area contributed by atoms with Crippen molar-refractivity contribution in [2.75, 3.05) is 0 Å². The number of rotatable bonds is 0. The Kier molecular flexibility index (Phi) is 2.87. The molecular formula is C13H9BBr2O. The predicted molar refractivity (Wildman–Crippen MR) is 77.2 cm³/mol. The minimum absolute atomic E-state index is 0.937. The van der Waals surface area contributed by atoms with Crippen LogP contribution in [0.5, 0.6) is 11.5 Å². The van der Waals surface area contributed by atoms with Crippen molar-refractivity contribution >= 4 is 38.8 Å². The molecule has 1 aromatic carbocycles. The zero-order valence-electron chi connectivity index (χ0n) is 9.26. The van der Waals surface area contributed by atoms with Crippen molar-refractivity contribution in [3.05, 3.63) is 49.7 Å². The Morgan fingerprint density at radius 2 is 2.00 bits per heavy atom. The first-order valence-electron chi connectivity index (χ1n) is 5.39. The molecule has 0 saturated heterocycles. The molecule has 0 unspecified atom stereocenters. The van der Waals surface area contributed by atoms with Gasteiger partial charge in [0, 0.05) is 0 Å². The van der Waals surface area contributed by atoms with Crippen LogP contribution in [0.1, 0.15) is 16.6 Å². The van der Waals surface area contributed by atoms with Gasteiger partial charge in [-0.15, -0.1) is 0 Å². The van der Waals surface area contributed by atoms with Crippen LogP contribution in [0, 0.1) is 6.92 Å². The Balaban J connectivity index is 2.11. The Labute approximate surface area is 118 Å². The topological polar surface area (TPSA) is 9.23 Å². The SMILES string of the molecule is Cc1cc2c(cc1Br)Oc1cc(Br)cbc1C2. The second-order valence-electron chi connectivity index (χ2n) is 4.24. The number of hydrogen-bond donors (Lipinski definition) is 0. The third-order valence-corrected chi connectivity index (χ3v) is 4.32. The average molecular weight is 352 g/mol. The van der Waals surface area contributed by atoms with Gasteiger partial charge < -0.3 is 0 Å². The fraction of sp³-hybridized carbons (Fsp3) is 0.154. The number of halogens is 2. The standard InChI is InChI=1S/C13H9BBr2O/c1-7-2-8-3-10-13(4-9(15)6-14-10)17-12(8)5-11(7)16/h2,4-6H,3H2,1H3. The molecule has 4 heteroatoms. The number of ether oxygens (including phenoxy) is 1. The fourth-order valence-electron chi connectivity index (χ4n) is 2.05. The summed E-state index contributed by atoms with van der Waals surface area (Å²) in [5.74, 6) is 3.95. The van der Waals surface area contributed by atoms with Crippen molar-refractivity contribution in [3.63, 3.8) is 0 Å². The molecule has 1 aromatic heterocycles. The second-order valence-corrected chi connectivity index (χ2v) is 6.01. The molecule has 84 valence electrons. The van der Waals surface area contributed by atoms with Gasteiger partial charge in [0.2, 0.25) is 0 Å². The molecule has 2 heterocycles. The van der Waals surface area contributed by atoms with Crippen LogP contribution in [0.15, 0.2) is 33.1 Å². The number of fused-ring (bicyclic) bond motifs is 2. The van der Waals surface area contributed by atoms with Crippen molar-refractivity contribution in [2.24, 2.45) is 0 Å². The van der Waals surface area contributed by atoms with Crippen LogP contribution in [0.2, 0.25) is 0 Å². The van der Waals surface area contributed by atoms with Crippen LogP contribution in [-0.4, -0.2) is 6.91 Å². The van der Waals surface area contributed by atoms with Crippen LogP contribution in [0.3, 0.4) is 0 Å². The molecule has 1 aliphatic rings. The van der Waals surface area contributed by atoms with Crippen molar-refractivity contribution in [1.29, 1.82) is 0 Å². The van der Waals surface area contributed by atoms with Crippen LogP contribution in [0.4, 0.5) is 0 Å². The molecule has 0 aliphatic carbocycles. The van der Waals surface area contributed by atoms with Gasteiger partial charge in [-0.1, -0.05) is 0 Å². The predicted octanol–water partition coefficient (Wildman–Crippen LogP) is 4.55. The van der Waals surface area contributed by atoms with Crippen molar-refractivity contribution in [1.82, 2.24) is 0 Å². The van der Waals surface area contributed by atoms with Crippen LogP contribution >= 0.6 is 31.9 Å². The number of hydrogen-bond acceptors (Lipinski definition) is 1. The Hall–Kier alpha value is -0.605. The van der Waals surface area contributed by atoms with E-state index in [-0.39, 0.29) is 0 Å². The van der Waals surface area contributed by atoms with Crippen LogP contribution in [-0.2, 0) is 6.42 Å². The molecular weight excluding hydrogens is 343 g/mol. The van der Waals surface area contributed by atoms with Gasteiger partial charge >= 0.3 is 118 Å². The van der Waals surface area contributed by atoms with Gasteiger partial charge in [-0.2, -0.15) is 0 Å². The first-order chi connectivity index (χ1) is 8.13. The molecule has 0 radical (unpaired) electrons. The maximum atomic E-state index is 5.93. The van der Waals surface area contributed by atoms with Crippen molar-refractivity contribution in [2.45, 2.75) is 13.3 Å². The Morgan fingerprint density at radius 3 is 2.82 bits per heavy atom. The molecule has 0 saturated carbocycles. The normalized spacial score (nSPS) is 12.4. The third-order valence-electron chi connectivity index (χ3n) is 2.97. The zero-order valence-corrected chi connectivity index (χ0v) is 12.4. The molecule has 0 spiro atoms. The molecule has 0 amide bonds. The van der Waals surface area contributed by atoms with E-state index in [0.29, 0.717) is 0 Å². The number of benzene rings is 1. The van der Waals surface area contributed by atoms with Gasteiger partial charge in [0.25, 0.3) is 0 Å². The summed E-state index contributed by atoms with van der Waals surface area (Å²) in [6.07, 6.45) is 0.937. The van der Waals surface area contributed by atoms with Gasteiger partial charge in [0.15, 0.2) is 0 Å². The van der Waals surface area contributed by atoms with Crippen LogP contribution < -0.4 is 4.74 Å². The fourth-order valence-corrected chi connectivity index (χ4v) is 2.71. The first-order valence-corrected chi connectivity index (χ1v) is 6.97. The molecule has 3 rings (SSSR count). The van der Waals surface area contributed by atoms with E-state index in [0.717, 1.165) is 26.9 Å². The number of aryl methyl sites for hydroxylation is 1. The Bertz CT molecular complexity index is 611. The van der Waals surface area contributed by atoms with Gasteiger partial charge in [-0.25, -0.2) is 0 Å². The summed E-state index contributed by atoms with van der Waals surface area (Å²) in [7, 11) is 0. The minimum atomic E-state index is 0.937. The third kappa shape index (κ3) is 2.09. The molecule has 17 heavy (non-hydrogen) atoms.